The van der Waals surface area contributed by atoms with Crippen LogP contribution in [0.3, 0.4) is 0 Å². The van der Waals surface area contributed by atoms with E-state index in [1.54, 1.807) is 18.3 Å². The van der Waals surface area contributed by atoms with E-state index in [1.807, 2.05) is 12.1 Å². The van der Waals surface area contributed by atoms with E-state index in [0.717, 1.165) is 9.86 Å². The molecule has 108 valence electrons. The van der Waals surface area contributed by atoms with Gasteiger partial charge in [-0.15, -0.1) is 0 Å². The van der Waals surface area contributed by atoms with Crippen LogP contribution < -0.4 is 16.4 Å². The van der Waals surface area contributed by atoms with Crippen LogP contribution in [0.1, 0.15) is 0 Å². The van der Waals surface area contributed by atoms with Gasteiger partial charge in [-0.05, 0) is 28.1 Å². The molecule has 0 atom stereocenters. The largest absolute Gasteiger partial charge is 0.392 e. The van der Waals surface area contributed by atoms with Crippen LogP contribution in [0.15, 0.2) is 34.9 Å². The van der Waals surface area contributed by atoms with Crippen molar-refractivity contribution < 1.29 is 9.59 Å². The molecule has 21 heavy (non-hydrogen) atoms. The Hall–Kier alpha value is -2.06. The van der Waals surface area contributed by atoms with E-state index in [0.29, 0.717) is 11.2 Å². The summed E-state index contributed by atoms with van der Waals surface area (Å²) in [5.41, 5.74) is 6.30. The van der Waals surface area contributed by atoms with Gasteiger partial charge in [-0.1, -0.05) is 24.4 Å². The molecule has 1 aromatic carbocycles. The molecule has 0 bridgehead atoms. The Labute approximate surface area is 134 Å². The fourth-order valence-electron chi connectivity index (χ4n) is 1.66. The van der Waals surface area contributed by atoms with Gasteiger partial charge in [0.25, 0.3) is 0 Å². The Morgan fingerprint density at radius 1 is 1.33 bits per heavy atom. The second kappa shape index (κ2) is 6.59. The lowest BCUT2D eigenvalue weighted by Gasteiger charge is -2.08. The minimum atomic E-state index is -0.808. The van der Waals surface area contributed by atoms with Crippen molar-refractivity contribution in [1.29, 1.82) is 0 Å². The molecule has 2 aromatic rings. The number of pyridine rings is 1. The number of fused-ring (bicyclic) bond motifs is 1. The molecule has 0 fully saturated rings. The SMILES string of the molecule is NC(=S)CNC(=O)C(=O)Nc1cccc2cc(Br)cnc12. The van der Waals surface area contributed by atoms with Gasteiger partial charge < -0.3 is 16.4 Å². The van der Waals surface area contributed by atoms with Crippen LogP contribution in [0, 0.1) is 0 Å². The summed E-state index contributed by atoms with van der Waals surface area (Å²) in [6, 6.07) is 7.15. The molecule has 0 aliphatic carbocycles. The van der Waals surface area contributed by atoms with Gasteiger partial charge in [-0.2, -0.15) is 0 Å². The van der Waals surface area contributed by atoms with Gasteiger partial charge in [0.1, 0.15) is 0 Å². The first-order chi connectivity index (χ1) is 9.97. The Bertz CT molecular complexity index is 735. The number of amides is 2. The van der Waals surface area contributed by atoms with Crippen molar-refractivity contribution in [3.05, 3.63) is 34.9 Å². The fourth-order valence-corrected chi connectivity index (χ4v) is 2.08. The lowest BCUT2D eigenvalue weighted by Crippen LogP contribution is -2.39. The number of thiocarbonyl (C=S) groups is 1. The first-order valence-corrected chi connectivity index (χ1v) is 7.09. The van der Waals surface area contributed by atoms with E-state index in [2.05, 4.69) is 43.8 Å². The Morgan fingerprint density at radius 3 is 2.81 bits per heavy atom. The summed E-state index contributed by atoms with van der Waals surface area (Å²) in [6.07, 6.45) is 1.62. The third-order valence-electron chi connectivity index (χ3n) is 2.56. The van der Waals surface area contributed by atoms with Crippen LogP contribution in [0.25, 0.3) is 10.9 Å². The van der Waals surface area contributed by atoms with Crippen molar-refractivity contribution in [3.8, 4) is 0 Å². The van der Waals surface area contributed by atoms with Gasteiger partial charge >= 0.3 is 11.8 Å². The second-order valence-electron chi connectivity index (χ2n) is 4.13. The van der Waals surface area contributed by atoms with Crippen molar-refractivity contribution in [2.24, 2.45) is 5.73 Å². The summed E-state index contributed by atoms with van der Waals surface area (Å²) in [5.74, 6) is -1.61. The average molecular weight is 367 g/mol. The number of hydrogen-bond acceptors (Lipinski definition) is 4. The molecule has 1 aromatic heterocycles. The number of aromatic nitrogens is 1. The lowest BCUT2D eigenvalue weighted by molar-refractivity contribution is -0.135. The Kier molecular flexibility index (Phi) is 4.81. The quantitative estimate of drug-likeness (QED) is 0.562. The average Bonchev–Trinajstić information content (AvgIpc) is 2.44. The van der Waals surface area contributed by atoms with E-state index in [-0.39, 0.29) is 11.5 Å². The predicted molar refractivity (Wildman–Crippen MR) is 87.9 cm³/mol. The highest BCUT2D eigenvalue weighted by Gasteiger charge is 2.15. The first-order valence-electron chi connectivity index (χ1n) is 5.89. The maximum atomic E-state index is 11.8. The number of benzene rings is 1. The molecule has 0 aliphatic heterocycles. The van der Waals surface area contributed by atoms with Crippen molar-refractivity contribution in [2.45, 2.75) is 0 Å². The first kappa shape index (κ1) is 15.3. The maximum absolute atomic E-state index is 11.8. The number of nitrogens with two attached hydrogens (primary N) is 1. The third-order valence-corrected chi connectivity index (χ3v) is 3.13. The minimum absolute atomic E-state index is 0.0255. The topological polar surface area (TPSA) is 97.1 Å². The van der Waals surface area contributed by atoms with Crippen molar-refractivity contribution in [2.75, 3.05) is 11.9 Å². The summed E-state index contributed by atoms with van der Waals surface area (Å²) < 4.78 is 0.827. The number of carbonyl (C=O) groups is 2. The molecule has 6 nitrogen and oxygen atoms in total. The molecular formula is C13H11BrN4O2S. The Balaban J connectivity index is 2.18. The summed E-state index contributed by atoms with van der Waals surface area (Å²) >= 11 is 7.95. The number of carbonyl (C=O) groups excluding carboxylic acids is 2. The predicted octanol–water partition coefficient (Wildman–Crippen LogP) is 1.34. The van der Waals surface area contributed by atoms with Gasteiger partial charge in [0.15, 0.2) is 0 Å². The standard InChI is InChI=1S/C13H11BrN4O2S/c14-8-4-7-2-1-3-9(11(7)16-5-8)18-13(20)12(19)17-6-10(15)21/h1-5H,6H2,(H2,15,21)(H,17,19)(H,18,20). The van der Waals surface area contributed by atoms with Gasteiger partial charge in [0, 0.05) is 16.1 Å². The van der Waals surface area contributed by atoms with Crippen molar-refractivity contribution in [3.63, 3.8) is 0 Å². The van der Waals surface area contributed by atoms with Gasteiger partial charge in [0.05, 0.1) is 22.7 Å². The molecule has 0 unspecified atom stereocenters. The molecular weight excluding hydrogens is 356 g/mol. The Morgan fingerprint density at radius 2 is 2.10 bits per heavy atom. The number of anilines is 1. The van der Waals surface area contributed by atoms with Crippen LogP contribution in [-0.2, 0) is 9.59 Å². The summed E-state index contributed by atoms with van der Waals surface area (Å²) in [4.78, 5) is 27.7. The monoisotopic (exact) mass is 366 g/mol. The van der Waals surface area contributed by atoms with Gasteiger partial charge in [-0.25, -0.2) is 0 Å². The van der Waals surface area contributed by atoms with E-state index < -0.39 is 11.8 Å². The third kappa shape index (κ3) is 3.96. The van der Waals surface area contributed by atoms with Gasteiger partial charge in [0.2, 0.25) is 0 Å². The summed E-state index contributed by atoms with van der Waals surface area (Å²) in [7, 11) is 0. The van der Waals surface area contributed by atoms with Crippen LogP contribution >= 0.6 is 28.1 Å². The normalized spacial score (nSPS) is 10.1. The van der Waals surface area contributed by atoms with E-state index in [4.69, 9.17) is 5.73 Å². The molecule has 0 saturated carbocycles. The molecule has 2 rings (SSSR count). The molecule has 0 saturated heterocycles. The molecule has 0 radical (unpaired) electrons. The van der Waals surface area contributed by atoms with Crippen LogP contribution in [0.5, 0.6) is 0 Å². The van der Waals surface area contributed by atoms with Crippen LogP contribution in [0.2, 0.25) is 0 Å². The number of hydrogen-bond donors (Lipinski definition) is 3. The number of nitrogens with one attached hydrogen (secondary N) is 2. The van der Waals surface area contributed by atoms with E-state index in [9.17, 15) is 9.59 Å². The highest BCUT2D eigenvalue weighted by Crippen LogP contribution is 2.23. The van der Waals surface area contributed by atoms with Crippen LogP contribution in [0.4, 0.5) is 5.69 Å². The molecule has 0 aliphatic rings. The zero-order valence-corrected chi connectivity index (χ0v) is 13.1. The number of rotatable bonds is 3. The summed E-state index contributed by atoms with van der Waals surface area (Å²) in [5, 5.41) is 5.67. The van der Waals surface area contributed by atoms with Crippen molar-refractivity contribution in [1.82, 2.24) is 10.3 Å². The zero-order chi connectivity index (χ0) is 15.4. The number of para-hydroxylation sites is 1. The highest BCUT2D eigenvalue weighted by atomic mass is 79.9. The fraction of sp³-hybridized carbons (Fsp3) is 0.0769. The summed E-state index contributed by atoms with van der Waals surface area (Å²) in [6.45, 7) is -0.0255. The smallest absolute Gasteiger partial charge is 0.313 e. The number of halogens is 1. The molecule has 2 amide bonds. The van der Waals surface area contributed by atoms with E-state index >= 15 is 0 Å². The lowest BCUT2D eigenvalue weighted by atomic mass is 10.2. The minimum Gasteiger partial charge on any atom is -0.392 e. The molecule has 8 heteroatoms. The second-order valence-corrected chi connectivity index (χ2v) is 5.57. The highest BCUT2D eigenvalue weighted by molar-refractivity contribution is 9.10. The van der Waals surface area contributed by atoms with Crippen molar-refractivity contribution >= 4 is 61.5 Å². The maximum Gasteiger partial charge on any atom is 0.313 e. The zero-order valence-electron chi connectivity index (χ0n) is 10.7. The van der Waals surface area contributed by atoms with E-state index in [1.165, 1.54) is 0 Å². The molecule has 1 heterocycles. The molecule has 4 N–H and O–H groups in total. The number of nitrogens with zero attached hydrogens (tertiary/aromatic N) is 1. The van der Waals surface area contributed by atoms with Gasteiger partial charge in [-0.3, -0.25) is 14.6 Å². The molecule has 0 spiro atoms. The van der Waals surface area contributed by atoms with Crippen LogP contribution in [-0.4, -0.2) is 28.3 Å².